The molecule has 0 radical (unpaired) electrons. The first-order valence-corrected chi connectivity index (χ1v) is 9.19. The van der Waals surface area contributed by atoms with Crippen LogP contribution in [0.2, 0.25) is 0 Å². The zero-order chi connectivity index (χ0) is 13.1. The topological polar surface area (TPSA) is 64.9 Å². The molecule has 0 unspecified atom stereocenters. The van der Waals surface area contributed by atoms with Crippen molar-refractivity contribution in [3.05, 3.63) is 0 Å². The summed E-state index contributed by atoms with van der Waals surface area (Å²) in [6.45, 7) is 2.08. The molecule has 1 fully saturated rings. The molecule has 1 saturated heterocycles. The number of sulfone groups is 1. The number of quaternary nitrogens is 1. The lowest BCUT2D eigenvalue weighted by Crippen LogP contribution is -3.14. The molecule has 0 atom stereocenters. The highest BCUT2D eigenvalue weighted by Gasteiger charge is 2.31. The van der Waals surface area contributed by atoms with Crippen molar-refractivity contribution in [3.8, 4) is 0 Å². The number of hydrogen-bond acceptors (Lipinski definition) is 4. The van der Waals surface area contributed by atoms with E-state index in [0.29, 0.717) is 19.6 Å². The van der Waals surface area contributed by atoms with E-state index in [1.54, 1.807) is 0 Å². The summed E-state index contributed by atoms with van der Waals surface area (Å²) in [7, 11) is -2.83. The fourth-order valence-corrected chi connectivity index (χ4v) is 3.19. The summed E-state index contributed by atoms with van der Waals surface area (Å²) >= 11 is 9.17. The number of halogens is 3. The fourth-order valence-electron chi connectivity index (χ4n) is 1.45. The Morgan fingerprint density at radius 3 is 2.24 bits per heavy atom. The molecule has 0 amide bonds. The number of carbonyl (C=O) groups excluding carboxylic acids is 1. The SMILES string of the molecule is O=C(OCC[NH+]1CCS(=O)(=O)CC1)C(Br)(Br)Br. The van der Waals surface area contributed by atoms with Gasteiger partial charge in [0.25, 0.3) is 0 Å². The van der Waals surface area contributed by atoms with E-state index < -0.39 is 17.9 Å². The van der Waals surface area contributed by atoms with Crippen LogP contribution in [0.3, 0.4) is 0 Å². The summed E-state index contributed by atoms with van der Waals surface area (Å²) in [5.74, 6) is -0.0213. The van der Waals surface area contributed by atoms with Gasteiger partial charge in [-0.3, -0.25) is 0 Å². The zero-order valence-electron chi connectivity index (χ0n) is 8.92. The van der Waals surface area contributed by atoms with Gasteiger partial charge in [0, 0.05) is 0 Å². The van der Waals surface area contributed by atoms with Crippen molar-refractivity contribution in [2.45, 2.75) is 2.14 Å². The van der Waals surface area contributed by atoms with Gasteiger partial charge in [-0.2, -0.15) is 0 Å². The first-order chi connectivity index (χ1) is 7.71. The molecule has 5 nitrogen and oxygen atoms in total. The third kappa shape index (κ3) is 6.00. The first kappa shape index (κ1) is 15.9. The number of ether oxygens (including phenoxy) is 1. The van der Waals surface area contributed by atoms with E-state index in [-0.39, 0.29) is 18.1 Å². The molecule has 9 heteroatoms. The number of hydrogen-bond donors (Lipinski definition) is 1. The van der Waals surface area contributed by atoms with E-state index >= 15 is 0 Å². The van der Waals surface area contributed by atoms with Crippen LogP contribution >= 0.6 is 47.8 Å². The normalized spacial score (nSPS) is 21.1. The smallest absolute Gasteiger partial charge is 0.345 e. The van der Waals surface area contributed by atoms with Crippen molar-refractivity contribution in [2.24, 2.45) is 0 Å². The third-order valence-electron chi connectivity index (χ3n) is 2.45. The predicted octanol–water partition coefficient (Wildman–Crippen LogP) is -0.319. The highest BCUT2D eigenvalue weighted by atomic mass is 80.0. The van der Waals surface area contributed by atoms with Crippen molar-refractivity contribution in [1.82, 2.24) is 0 Å². The van der Waals surface area contributed by atoms with Crippen molar-refractivity contribution in [1.29, 1.82) is 0 Å². The molecule has 1 aliphatic heterocycles. The minimum Gasteiger partial charge on any atom is -0.457 e. The molecule has 100 valence electrons. The number of nitrogens with one attached hydrogen (secondary N) is 1. The van der Waals surface area contributed by atoms with E-state index in [9.17, 15) is 13.2 Å². The second-order valence-corrected chi connectivity index (χ2v) is 12.9. The van der Waals surface area contributed by atoms with Gasteiger partial charge in [0.1, 0.15) is 13.2 Å². The largest absolute Gasteiger partial charge is 0.457 e. The molecule has 1 aliphatic rings. The monoisotopic (exact) mass is 456 g/mol. The molecular formula is C8H13Br3NO4S+. The Bertz CT molecular complexity index is 365. The van der Waals surface area contributed by atoms with Gasteiger partial charge in [0.2, 0.25) is 2.14 Å². The molecular weight excluding hydrogens is 446 g/mol. The second-order valence-electron chi connectivity index (χ2n) is 3.79. The Kier molecular flexibility index (Phi) is 5.90. The van der Waals surface area contributed by atoms with Gasteiger partial charge in [-0.05, 0) is 47.8 Å². The van der Waals surface area contributed by atoms with E-state index in [1.165, 1.54) is 0 Å². The summed E-state index contributed by atoms with van der Waals surface area (Å²) in [6.07, 6.45) is 0. The maximum Gasteiger partial charge on any atom is 0.345 e. The van der Waals surface area contributed by atoms with Gasteiger partial charge < -0.3 is 9.64 Å². The Labute approximate surface area is 126 Å². The van der Waals surface area contributed by atoms with Crippen LogP contribution in [0.4, 0.5) is 0 Å². The van der Waals surface area contributed by atoms with Crippen molar-refractivity contribution in [3.63, 3.8) is 0 Å². The van der Waals surface area contributed by atoms with Crippen LogP contribution in [0.15, 0.2) is 0 Å². The minimum atomic E-state index is -2.83. The lowest BCUT2D eigenvalue weighted by molar-refractivity contribution is -0.896. The Morgan fingerprint density at radius 2 is 1.76 bits per heavy atom. The molecule has 0 bridgehead atoms. The van der Waals surface area contributed by atoms with Gasteiger partial charge in [-0.1, -0.05) is 0 Å². The van der Waals surface area contributed by atoms with Crippen molar-refractivity contribution in [2.75, 3.05) is 37.7 Å². The summed E-state index contributed by atoms with van der Waals surface area (Å²) in [6, 6.07) is 0. The highest BCUT2D eigenvalue weighted by Crippen LogP contribution is 2.34. The Hall–Kier alpha value is 0.820. The quantitative estimate of drug-likeness (QED) is 0.465. The van der Waals surface area contributed by atoms with Gasteiger partial charge in [0.05, 0.1) is 24.6 Å². The highest BCUT2D eigenvalue weighted by molar-refractivity contribution is 9.40. The summed E-state index contributed by atoms with van der Waals surface area (Å²) in [5.41, 5.74) is 0. The van der Waals surface area contributed by atoms with Crippen LogP contribution in [0.1, 0.15) is 0 Å². The van der Waals surface area contributed by atoms with E-state index in [4.69, 9.17) is 4.74 Å². The lowest BCUT2D eigenvalue weighted by atomic mass is 10.5. The molecule has 0 aromatic carbocycles. The maximum atomic E-state index is 11.3. The Morgan fingerprint density at radius 1 is 1.24 bits per heavy atom. The van der Waals surface area contributed by atoms with Gasteiger partial charge in [0.15, 0.2) is 9.84 Å². The average molecular weight is 459 g/mol. The van der Waals surface area contributed by atoms with Crippen LogP contribution in [0.5, 0.6) is 0 Å². The molecule has 0 aliphatic carbocycles. The Balaban J connectivity index is 2.23. The van der Waals surface area contributed by atoms with Gasteiger partial charge in [-0.25, -0.2) is 13.2 Å². The number of alkyl halides is 3. The van der Waals surface area contributed by atoms with Crippen molar-refractivity contribution < 1.29 is 22.8 Å². The van der Waals surface area contributed by atoms with Crippen LogP contribution in [-0.4, -0.2) is 54.3 Å². The average Bonchev–Trinajstić information content (AvgIpc) is 2.19. The first-order valence-electron chi connectivity index (χ1n) is 4.99. The number of carbonyl (C=O) groups is 1. The van der Waals surface area contributed by atoms with Crippen molar-refractivity contribution >= 4 is 63.6 Å². The van der Waals surface area contributed by atoms with Crippen LogP contribution in [0.25, 0.3) is 0 Å². The van der Waals surface area contributed by atoms with Crippen LogP contribution in [0, 0.1) is 0 Å². The molecule has 1 N–H and O–H groups in total. The van der Waals surface area contributed by atoms with Crippen LogP contribution < -0.4 is 4.90 Å². The van der Waals surface area contributed by atoms with E-state index in [2.05, 4.69) is 47.8 Å². The fraction of sp³-hybridized carbons (Fsp3) is 0.875. The van der Waals surface area contributed by atoms with E-state index in [1.807, 2.05) is 0 Å². The number of rotatable bonds is 3. The molecule has 0 saturated carbocycles. The molecule has 17 heavy (non-hydrogen) atoms. The molecule has 0 aromatic heterocycles. The molecule has 1 rings (SSSR count). The standard InChI is InChI=1S/C8H12Br3NO4S/c9-8(10,11)7(13)16-4-1-12-2-5-17(14,15)6-3-12/h1-6H2/p+1. The summed E-state index contributed by atoms with van der Waals surface area (Å²) in [5, 5.41) is 0. The maximum absolute atomic E-state index is 11.3. The summed E-state index contributed by atoms with van der Waals surface area (Å²) < 4.78 is 26.4. The number of esters is 1. The second kappa shape index (κ2) is 6.31. The molecule has 0 spiro atoms. The van der Waals surface area contributed by atoms with E-state index in [0.717, 1.165) is 4.90 Å². The lowest BCUT2D eigenvalue weighted by Gasteiger charge is -2.23. The zero-order valence-corrected chi connectivity index (χ0v) is 14.5. The van der Waals surface area contributed by atoms with Gasteiger partial charge in [-0.15, -0.1) is 0 Å². The predicted molar refractivity (Wildman–Crippen MR) is 74.7 cm³/mol. The summed E-state index contributed by atoms with van der Waals surface area (Å²) in [4.78, 5) is 12.5. The third-order valence-corrected chi connectivity index (χ3v) is 5.08. The van der Waals surface area contributed by atoms with Gasteiger partial charge >= 0.3 is 5.97 Å². The minimum absolute atomic E-state index is 0.218. The molecule has 1 heterocycles. The molecule has 0 aromatic rings. The van der Waals surface area contributed by atoms with Crippen LogP contribution in [-0.2, 0) is 19.4 Å².